The molecule has 16 heavy (non-hydrogen) atoms. The van der Waals surface area contributed by atoms with Crippen LogP contribution in [0, 0.1) is 13.8 Å². The Morgan fingerprint density at radius 3 is 2.75 bits per heavy atom. The van der Waals surface area contributed by atoms with Crippen LogP contribution in [0.4, 0.5) is 0 Å². The molecule has 2 rings (SSSR count). The predicted octanol–water partition coefficient (Wildman–Crippen LogP) is 3.66. The molecule has 1 N–H and O–H groups in total. The molecule has 2 aromatic heterocycles. The summed E-state index contributed by atoms with van der Waals surface area (Å²) in [5, 5.41) is 3.47. The fourth-order valence-electron chi connectivity index (χ4n) is 1.96. The molecule has 0 saturated carbocycles. The van der Waals surface area contributed by atoms with Gasteiger partial charge >= 0.3 is 0 Å². The number of aryl methyl sites for hydroxylation is 2. The van der Waals surface area contributed by atoms with Crippen LogP contribution in [-0.2, 0) is 0 Å². The van der Waals surface area contributed by atoms with Crippen molar-refractivity contribution < 1.29 is 4.42 Å². The summed E-state index contributed by atoms with van der Waals surface area (Å²) in [6, 6.07) is 6.40. The van der Waals surface area contributed by atoms with Gasteiger partial charge in [0.2, 0.25) is 0 Å². The highest BCUT2D eigenvalue weighted by Gasteiger charge is 2.19. The largest absolute Gasteiger partial charge is 0.467 e. The van der Waals surface area contributed by atoms with Gasteiger partial charge in [-0.2, -0.15) is 0 Å². The maximum absolute atomic E-state index is 5.51. The van der Waals surface area contributed by atoms with Gasteiger partial charge in [0.25, 0.3) is 0 Å². The fourth-order valence-corrected chi connectivity index (χ4v) is 2.92. The van der Waals surface area contributed by atoms with Crippen molar-refractivity contribution in [1.29, 1.82) is 0 Å². The highest BCUT2D eigenvalue weighted by atomic mass is 32.1. The fraction of sp³-hybridized carbons (Fsp3) is 0.385. The van der Waals surface area contributed by atoms with E-state index in [1.54, 1.807) is 6.26 Å². The Labute approximate surface area is 100 Å². The molecule has 0 spiro atoms. The van der Waals surface area contributed by atoms with E-state index in [0.717, 1.165) is 12.3 Å². The SMILES string of the molecule is CCNC(c1ccco1)c1cc(C)sc1C. The molecule has 0 radical (unpaired) electrons. The van der Waals surface area contributed by atoms with E-state index in [9.17, 15) is 0 Å². The second kappa shape index (κ2) is 4.85. The van der Waals surface area contributed by atoms with E-state index in [1.165, 1.54) is 15.3 Å². The maximum Gasteiger partial charge on any atom is 0.125 e. The van der Waals surface area contributed by atoms with E-state index in [4.69, 9.17) is 4.42 Å². The van der Waals surface area contributed by atoms with Gasteiger partial charge in [-0.1, -0.05) is 6.92 Å². The van der Waals surface area contributed by atoms with Crippen LogP contribution < -0.4 is 5.32 Å². The van der Waals surface area contributed by atoms with Crippen LogP contribution in [0.5, 0.6) is 0 Å². The first kappa shape index (κ1) is 11.4. The maximum atomic E-state index is 5.51. The lowest BCUT2D eigenvalue weighted by Crippen LogP contribution is -2.21. The van der Waals surface area contributed by atoms with Crippen LogP contribution in [0.1, 0.15) is 34.0 Å². The lowest BCUT2D eigenvalue weighted by Gasteiger charge is -2.15. The van der Waals surface area contributed by atoms with Crippen molar-refractivity contribution in [2.75, 3.05) is 6.54 Å². The van der Waals surface area contributed by atoms with Gasteiger partial charge in [0.1, 0.15) is 5.76 Å². The summed E-state index contributed by atoms with van der Waals surface area (Å²) >= 11 is 1.84. The molecule has 2 heterocycles. The zero-order chi connectivity index (χ0) is 11.5. The third-order valence-corrected chi connectivity index (χ3v) is 3.61. The van der Waals surface area contributed by atoms with Crippen molar-refractivity contribution in [2.24, 2.45) is 0 Å². The molecule has 0 aromatic carbocycles. The standard InChI is InChI=1S/C13H17NOS/c1-4-14-13(12-6-5-7-15-12)11-8-9(2)16-10(11)3/h5-8,13-14H,4H2,1-3H3. The highest BCUT2D eigenvalue weighted by molar-refractivity contribution is 7.12. The number of thiophene rings is 1. The zero-order valence-corrected chi connectivity index (χ0v) is 10.7. The first-order valence-corrected chi connectivity index (χ1v) is 6.37. The Kier molecular flexibility index (Phi) is 3.46. The predicted molar refractivity (Wildman–Crippen MR) is 68.0 cm³/mol. The lowest BCUT2D eigenvalue weighted by molar-refractivity contribution is 0.452. The van der Waals surface area contributed by atoms with Gasteiger partial charge in [0, 0.05) is 9.75 Å². The van der Waals surface area contributed by atoms with Crippen LogP contribution in [0.15, 0.2) is 28.9 Å². The molecule has 86 valence electrons. The molecule has 0 saturated heterocycles. The van der Waals surface area contributed by atoms with E-state index in [-0.39, 0.29) is 6.04 Å². The Bertz CT molecular complexity index is 444. The summed E-state index contributed by atoms with van der Waals surface area (Å²) in [5.74, 6) is 0.989. The van der Waals surface area contributed by atoms with E-state index >= 15 is 0 Å². The summed E-state index contributed by atoms with van der Waals surface area (Å²) in [4.78, 5) is 2.71. The van der Waals surface area contributed by atoms with E-state index in [2.05, 4.69) is 32.2 Å². The molecule has 0 fully saturated rings. The summed E-state index contributed by atoms with van der Waals surface area (Å²) in [6.07, 6.45) is 1.73. The summed E-state index contributed by atoms with van der Waals surface area (Å²) in [5.41, 5.74) is 1.33. The first-order chi connectivity index (χ1) is 7.72. The van der Waals surface area contributed by atoms with E-state index in [1.807, 2.05) is 23.5 Å². The minimum Gasteiger partial charge on any atom is -0.467 e. The van der Waals surface area contributed by atoms with Gasteiger partial charge in [-0.15, -0.1) is 11.3 Å². The average molecular weight is 235 g/mol. The van der Waals surface area contributed by atoms with Crippen LogP contribution in [-0.4, -0.2) is 6.54 Å². The summed E-state index contributed by atoms with van der Waals surface area (Å²) < 4.78 is 5.51. The molecule has 1 atom stereocenters. The Morgan fingerprint density at radius 2 is 2.25 bits per heavy atom. The van der Waals surface area contributed by atoms with Gasteiger partial charge in [0.15, 0.2) is 0 Å². The second-order valence-corrected chi connectivity index (χ2v) is 5.34. The molecule has 0 aliphatic carbocycles. The van der Waals surface area contributed by atoms with Gasteiger partial charge in [-0.25, -0.2) is 0 Å². The van der Waals surface area contributed by atoms with Crippen molar-refractivity contribution in [1.82, 2.24) is 5.32 Å². The minimum atomic E-state index is 0.185. The van der Waals surface area contributed by atoms with Gasteiger partial charge < -0.3 is 9.73 Å². The van der Waals surface area contributed by atoms with Crippen molar-refractivity contribution in [3.63, 3.8) is 0 Å². The third kappa shape index (κ3) is 2.20. The van der Waals surface area contributed by atoms with E-state index in [0.29, 0.717) is 0 Å². The van der Waals surface area contributed by atoms with Crippen molar-refractivity contribution >= 4 is 11.3 Å². The molecule has 0 amide bonds. The van der Waals surface area contributed by atoms with Crippen molar-refractivity contribution in [3.05, 3.63) is 45.5 Å². The van der Waals surface area contributed by atoms with Gasteiger partial charge in [-0.3, -0.25) is 0 Å². The Balaban J connectivity index is 2.36. The van der Waals surface area contributed by atoms with E-state index < -0.39 is 0 Å². The monoisotopic (exact) mass is 235 g/mol. The number of rotatable bonds is 4. The Hall–Kier alpha value is -1.06. The molecule has 0 aliphatic heterocycles. The van der Waals surface area contributed by atoms with Gasteiger partial charge in [0.05, 0.1) is 12.3 Å². The smallest absolute Gasteiger partial charge is 0.125 e. The highest BCUT2D eigenvalue weighted by Crippen LogP contribution is 2.30. The quantitative estimate of drug-likeness (QED) is 0.875. The number of furan rings is 1. The van der Waals surface area contributed by atoms with Crippen LogP contribution in [0.25, 0.3) is 0 Å². The van der Waals surface area contributed by atoms with Gasteiger partial charge in [-0.05, 0) is 44.2 Å². The lowest BCUT2D eigenvalue weighted by atomic mass is 10.1. The molecule has 0 bridgehead atoms. The third-order valence-electron chi connectivity index (χ3n) is 2.63. The number of nitrogens with one attached hydrogen (secondary N) is 1. The number of hydrogen-bond donors (Lipinski definition) is 1. The minimum absolute atomic E-state index is 0.185. The van der Waals surface area contributed by atoms with Crippen molar-refractivity contribution in [3.8, 4) is 0 Å². The Morgan fingerprint density at radius 1 is 1.44 bits per heavy atom. The zero-order valence-electron chi connectivity index (χ0n) is 9.91. The molecule has 3 heteroatoms. The second-order valence-electron chi connectivity index (χ2n) is 3.87. The normalized spacial score (nSPS) is 12.9. The molecule has 2 nitrogen and oxygen atoms in total. The first-order valence-electron chi connectivity index (χ1n) is 5.56. The van der Waals surface area contributed by atoms with Crippen LogP contribution in [0.3, 0.4) is 0 Å². The van der Waals surface area contributed by atoms with Crippen LogP contribution >= 0.6 is 11.3 Å². The molecule has 1 unspecified atom stereocenters. The number of hydrogen-bond acceptors (Lipinski definition) is 3. The topological polar surface area (TPSA) is 25.2 Å². The molecule has 2 aromatic rings. The summed E-state index contributed by atoms with van der Waals surface area (Å²) in [7, 11) is 0. The molecule has 0 aliphatic rings. The van der Waals surface area contributed by atoms with Crippen LogP contribution in [0.2, 0.25) is 0 Å². The molecular weight excluding hydrogens is 218 g/mol. The summed E-state index contributed by atoms with van der Waals surface area (Å²) in [6.45, 7) is 7.36. The average Bonchev–Trinajstić information content (AvgIpc) is 2.85. The van der Waals surface area contributed by atoms with Crippen molar-refractivity contribution in [2.45, 2.75) is 26.8 Å². The molecular formula is C13H17NOS.